The van der Waals surface area contributed by atoms with Gasteiger partial charge in [-0.2, -0.15) is 4.31 Å². The van der Waals surface area contributed by atoms with Gasteiger partial charge in [0.15, 0.2) is 0 Å². The van der Waals surface area contributed by atoms with E-state index in [2.05, 4.69) is 41.4 Å². The molecule has 0 radical (unpaired) electrons. The fourth-order valence-electron chi connectivity index (χ4n) is 4.74. The molecule has 6 nitrogen and oxygen atoms in total. The standard InChI is InChI=1S/C25H33N3O3S/c1-19-8-10-24(11-9-19)32(30,31)28-16-12-22(13-17-28)25(29)26-23-14-15-27(18-23)20(2)21-6-4-3-5-7-21/h3-11,20,22-23H,12-18H2,1-2H3,(H,26,29). The van der Waals surface area contributed by atoms with Crippen LogP contribution >= 0.6 is 0 Å². The summed E-state index contributed by atoms with van der Waals surface area (Å²) in [5.41, 5.74) is 2.32. The minimum absolute atomic E-state index is 0.0663. The van der Waals surface area contributed by atoms with Gasteiger partial charge in [-0.1, -0.05) is 48.0 Å². The number of rotatable bonds is 6. The number of hydrogen-bond donors (Lipinski definition) is 1. The van der Waals surface area contributed by atoms with Crippen molar-refractivity contribution < 1.29 is 13.2 Å². The number of aryl methyl sites for hydroxylation is 1. The number of piperidine rings is 1. The second-order valence-corrected chi connectivity index (χ2v) is 11.0. The molecule has 0 aromatic heterocycles. The van der Waals surface area contributed by atoms with E-state index >= 15 is 0 Å². The van der Waals surface area contributed by atoms with Crippen molar-refractivity contribution in [3.8, 4) is 0 Å². The average molecular weight is 456 g/mol. The molecular weight excluding hydrogens is 422 g/mol. The third-order valence-corrected chi connectivity index (χ3v) is 8.79. The highest BCUT2D eigenvalue weighted by Crippen LogP contribution is 2.27. The highest BCUT2D eigenvalue weighted by molar-refractivity contribution is 7.89. The van der Waals surface area contributed by atoms with E-state index in [0.717, 1.165) is 25.1 Å². The van der Waals surface area contributed by atoms with Gasteiger partial charge in [0, 0.05) is 44.2 Å². The molecular formula is C25H33N3O3S. The Morgan fingerprint density at radius 2 is 1.62 bits per heavy atom. The van der Waals surface area contributed by atoms with Crippen LogP contribution < -0.4 is 5.32 Å². The van der Waals surface area contributed by atoms with Crippen LogP contribution in [0.3, 0.4) is 0 Å². The zero-order valence-electron chi connectivity index (χ0n) is 18.9. The Morgan fingerprint density at radius 3 is 2.28 bits per heavy atom. The minimum Gasteiger partial charge on any atom is -0.352 e. The Labute approximate surface area is 191 Å². The van der Waals surface area contributed by atoms with E-state index in [1.807, 2.05) is 25.1 Å². The number of amides is 1. The lowest BCUT2D eigenvalue weighted by molar-refractivity contribution is -0.126. The zero-order chi connectivity index (χ0) is 22.7. The number of likely N-dealkylation sites (tertiary alicyclic amines) is 1. The van der Waals surface area contributed by atoms with Crippen molar-refractivity contribution in [2.45, 2.75) is 50.1 Å². The van der Waals surface area contributed by atoms with E-state index in [1.54, 1.807) is 12.1 Å². The van der Waals surface area contributed by atoms with Crippen molar-refractivity contribution in [2.24, 2.45) is 5.92 Å². The largest absolute Gasteiger partial charge is 0.352 e. The summed E-state index contributed by atoms with van der Waals surface area (Å²) in [4.78, 5) is 15.6. The molecule has 2 aliphatic heterocycles. The van der Waals surface area contributed by atoms with Gasteiger partial charge in [0.05, 0.1) is 4.90 Å². The molecule has 0 spiro atoms. The van der Waals surface area contributed by atoms with Crippen molar-refractivity contribution in [3.05, 3.63) is 65.7 Å². The Hall–Kier alpha value is -2.22. The number of hydrogen-bond acceptors (Lipinski definition) is 4. The molecule has 4 rings (SSSR count). The average Bonchev–Trinajstić information content (AvgIpc) is 3.28. The topological polar surface area (TPSA) is 69.7 Å². The van der Waals surface area contributed by atoms with Crippen molar-refractivity contribution in [1.29, 1.82) is 0 Å². The molecule has 2 fully saturated rings. The van der Waals surface area contributed by atoms with Gasteiger partial charge in [0.2, 0.25) is 15.9 Å². The van der Waals surface area contributed by atoms with Gasteiger partial charge < -0.3 is 5.32 Å². The maximum atomic E-state index is 12.9. The number of nitrogens with one attached hydrogen (secondary N) is 1. The Bertz CT molecular complexity index is 1020. The van der Waals surface area contributed by atoms with Gasteiger partial charge in [0.25, 0.3) is 0 Å². The van der Waals surface area contributed by atoms with Crippen molar-refractivity contribution in [3.63, 3.8) is 0 Å². The first-order chi connectivity index (χ1) is 15.3. The van der Waals surface area contributed by atoms with E-state index in [1.165, 1.54) is 9.87 Å². The molecule has 32 heavy (non-hydrogen) atoms. The van der Waals surface area contributed by atoms with Crippen molar-refractivity contribution >= 4 is 15.9 Å². The van der Waals surface area contributed by atoms with Crippen LogP contribution in [0, 0.1) is 12.8 Å². The predicted octanol–water partition coefficient (Wildman–Crippen LogP) is 3.35. The first-order valence-electron chi connectivity index (χ1n) is 11.5. The summed E-state index contributed by atoms with van der Waals surface area (Å²) in [6.07, 6.45) is 2.07. The van der Waals surface area contributed by atoms with E-state index in [0.29, 0.717) is 36.9 Å². The van der Waals surface area contributed by atoms with Gasteiger partial charge in [0.1, 0.15) is 0 Å². The molecule has 0 aliphatic carbocycles. The lowest BCUT2D eigenvalue weighted by atomic mass is 9.97. The van der Waals surface area contributed by atoms with Crippen LogP contribution in [0.2, 0.25) is 0 Å². The number of benzene rings is 2. The van der Waals surface area contributed by atoms with E-state index < -0.39 is 10.0 Å². The summed E-state index contributed by atoms with van der Waals surface area (Å²) in [5.74, 6) is -0.0586. The monoisotopic (exact) mass is 455 g/mol. The molecule has 2 heterocycles. The first-order valence-corrected chi connectivity index (χ1v) is 12.9. The molecule has 172 valence electrons. The molecule has 2 aromatic rings. The molecule has 0 saturated carbocycles. The molecule has 2 atom stereocenters. The molecule has 2 saturated heterocycles. The van der Waals surface area contributed by atoms with Crippen LogP contribution in [0.15, 0.2) is 59.5 Å². The van der Waals surface area contributed by atoms with Crippen LogP contribution in [-0.4, -0.2) is 55.8 Å². The second-order valence-electron chi connectivity index (χ2n) is 9.07. The van der Waals surface area contributed by atoms with Gasteiger partial charge >= 0.3 is 0 Å². The highest BCUT2D eigenvalue weighted by Gasteiger charge is 2.34. The van der Waals surface area contributed by atoms with Crippen LogP contribution in [0.5, 0.6) is 0 Å². The van der Waals surface area contributed by atoms with Crippen LogP contribution in [0.4, 0.5) is 0 Å². The second kappa shape index (κ2) is 9.73. The maximum absolute atomic E-state index is 12.9. The lowest BCUT2D eigenvalue weighted by Gasteiger charge is -2.31. The number of carbonyl (C=O) groups is 1. The Balaban J connectivity index is 1.27. The van der Waals surface area contributed by atoms with Gasteiger partial charge in [-0.25, -0.2) is 8.42 Å². The summed E-state index contributed by atoms with van der Waals surface area (Å²) in [6, 6.07) is 17.9. The molecule has 1 N–H and O–H groups in total. The van der Waals surface area contributed by atoms with Gasteiger partial charge in [-0.15, -0.1) is 0 Å². The zero-order valence-corrected chi connectivity index (χ0v) is 19.7. The van der Waals surface area contributed by atoms with Crippen LogP contribution in [0.25, 0.3) is 0 Å². The van der Waals surface area contributed by atoms with E-state index in [4.69, 9.17) is 0 Å². The smallest absolute Gasteiger partial charge is 0.243 e. The van der Waals surface area contributed by atoms with Gasteiger partial charge in [-0.05, 0) is 50.8 Å². The number of nitrogens with zero attached hydrogens (tertiary/aromatic N) is 2. The summed E-state index contributed by atoms with van der Waals surface area (Å²) >= 11 is 0. The quantitative estimate of drug-likeness (QED) is 0.725. The SMILES string of the molecule is Cc1ccc(S(=O)(=O)N2CCC(C(=O)NC3CCN(C(C)c4ccccc4)C3)CC2)cc1. The Morgan fingerprint density at radius 1 is 0.969 bits per heavy atom. The third kappa shape index (κ3) is 5.05. The van der Waals surface area contributed by atoms with E-state index in [-0.39, 0.29) is 17.9 Å². The third-order valence-electron chi connectivity index (χ3n) is 6.88. The Kier molecular flexibility index (Phi) is 6.98. The molecule has 2 aliphatic rings. The van der Waals surface area contributed by atoms with Crippen LogP contribution in [-0.2, 0) is 14.8 Å². The highest BCUT2D eigenvalue weighted by atomic mass is 32.2. The fraction of sp³-hybridized carbons (Fsp3) is 0.480. The maximum Gasteiger partial charge on any atom is 0.243 e. The summed E-state index contributed by atoms with van der Waals surface area (Å²) in [6.45, 7) is 6.74. The van der Waals surface area contributed by atoms with E-state index in [9.17, 15) is 13.2 Å². The molecule has 1 amide bonds. The predicted molar refractivity (Wildman–Crippen MR) is 126 cm³/mol. The summed E-state index contributed by atoms with van der Waals surface area (Å²) in [5, 5.41) is 3.23. The normalized spacial score (nSPS) is 22.0. The first kappa shape index (κ1) is 23.0. The van der Waals surface area contributed by atoms with Gasteiger partial charge in [-0.3, -0.25) is 9.69 Å². The summed E-state index contributed by atoms with van der Waals surface area (Å²) in [7, 11) is -3.50. The molecule has 7 heteroatoms. The number of sulfonamides is 1. The van der Waals surface area contributed by atoms with Crippen molar-refractivity contribution in [2.75, 3.05) is 26.2 Å². The number of carbonyl (C=O) groups excluding carboxylic acids is 1. The molecule has 2 aromatic carbocycles. The lowest BCUT2D eigenvalue weighted by Crippen LogP contribution is -2.46. The minimum atomic E-state index is -3.50. The molecule has 2 unspecified atom stereocenters. The van der Waals surface area contributed by atoms with Crippen molar-refractivity contribution in [1.82, 2.24) is 14.5 Å². The summed E-state index contributed by atoms with van der Waals surface area (Å²) < 4.78 is 27.3. The molecule has 0 bridgehead atoms. The fourth-order valence-corrected chi connectivity index (χ4v) is 6.21. The van der Waals surface area contributed by atoms with Crippen LogP contribution in [0.1, 0.15) is 43.4 Å².